The Balaban J connectivity index is 2.59. The summed E-state index contributed by atoms with van der Waals surface area (Å²) in [5, 5.41) is 2.67. The quantitative estimate of drug-likeness (QED) is 0.687. The van der Waals surface area contributed by atoms with Gasteiger partial charge in [-0.25, -0.2) is 0 Å². The van der Waals surface area contributed by atoms with E-state index in [1.165, 1.54) is 0 Å². The first-order valence-electron chi connectivity index (χ1n) is 5.24. The topological polar surface area (TPSA) is 55.4 Å². The van der Waals surface area contributed by atoms with Gasteiger partial charge < -0.3 is 10.1 Å². The lowest BCUT2D eigenvalue weighted by atomic mass is 10.2. The van der Waals surface area contributed by atoms with E-state index in [9.17, 15) is 9.59 Å². The van der Waals surface area contributed by atoms with Crippen LogP contribution in [0.2, 0.25) is 0 Å². The monoisotopic (exact) mass is 299 g/mol. The average Bonchev–Trinajstić information content (AvgIpc) is 2.22. The third-order valence-electron chi connectivity index (χ3n) is 2.07. The van der Waals surface area contributed by atoms with E-state index in [1.54, 1.807) is 13.0 Å². The number of rotatable bonds is 4. The number of halogens is 1. The number of carbonyl (C=O) groups is 2. The molecule has 0 unspecified atom stereocenters. The first kappa shape index (κ1) is 13.7. The van der Waals surface area contributed by atoms with E-state index in [0.29, 0.717) is 5.69 Å². The van der Waals surface area contributed by atoms with Crippen molar-refractivity contribution >= 4 is 33.5 Å². The molecule has 0 spiro atoms. The van der Waals surface area contributed by atoms with Crippen molar-refractivity contribution in [3.63, 3.8) is 0 Å². The van der Waals surface area contributed by atoms with Crippen LogP contribution in [0.15, 0.2) is 22.7 Å². The summed E-state index contributed by atoms with van der Waals surface area (Å²) in [6.07, 6.45) is -0.261. The Hall–Kier alpha value is -1.36. The number of nitrogens with one attached hydrogen (secondary N) is 1. The molecule has 4 nitrogen and oxygen atoms in total. The first-order chi connectivity index (χ1) is 8.02. The highest BCUT2D eigenvalue weighted by Crippen LogP contribution is 2.20. The number of aryl methyl sites for hydroxylation is 1. The zero-order valence-corrected chi connectivity index (χ0v) is 11.3. The van der Waals surface area contributed by atoms with Gasteiger partial charge in [-0.3, -0.25) is 9.59 Å². The van der Waals surface area contributed by atoms with E-state index in [1.807, 2.05) is 19.1 Å². The number of hydrogen-bond acceptors (Lipinski definition) is 3. The Bertz CT molecular complexity index is 432. The van der Waals surface area contributed by atoms with Crippen LogP contribution in [0.4, 0.5) is 5.69 Å². The van der Waals surface area contributed by atoms with Crippen LogP contribution in [-0.4, -0.2) is 18.5 Å². The summed E-state index contributed by atoms with van der Waals surface area (Å²) in [6, 6.07) is 5.50. The second-order valence-corrected chi connectivity index (χ2v) is 4.40. The summed E-state index contributed by atoms with van der Waals surface area (Å²) in [5.74, 6) is -0.881. The summed E-state index contributed by atoms with van der Waals surface area (Å²) in [4.78, 5) is 22.6. The fourth-order valence-electron chi connectivity index (χ4n) is 1.30. The Morgan fingerprint density at radius 1 is 1.41 bits per heavy atom. The highest BCUT2D eigenvalue weighted by molar-refractivity contribution is 9.10. The van der Waals surface area contributed by atoms with Crippen LogP contribution in [0.3, 0.4) is 0 Å². The largest absolute Gasteiger partial charge is 0.466 e. The minimum atomic E-state index is -0.514. The fraction of sp³-hybridized carbons (Fsp3) is 0.333. The van der Waals surface area contributed by atoms with Crippen LogP contribution in [0.5, 0.6) is 0 Å². The van der Waals surface area contributed by atoms with Crippen LogP contribution in [0.25, 0.3) is 0 Å². The van der Waals surface area contributed by atoms with Gasteiger partial charge in [0.25, 0.3) is 0 Å². The molecule has 0 aliphatic heterocycles. The number of carbonyl (C=O) groups excluding carboxylic acids is 2. The van der Waals surface area contributed by atoms with Crippen molar-refractivity contribution < 1.29 is 14.3 Å². The van der Waals surface area contributed by atoms with Crippen molar-refractivity contribution in [3.8, 4) is 0 Å². The zero-order chi connectivity index (χ0) is 12.8. The van der Waals surface area contributed by atoms with Crippen LogP contribution in [0.1, 0.15) is 18.9 Å². The van der Waals surface area contributed by atoms with Gasteiger partial charge in [0.05, 0.1) is 6.61 Å². The predicted octanol–water partition coefficient (Wildman–Crippen LogP) is 2.65. The van der Waals surface area contributed by atoms with Crippen molar-refractivity contribution in [2.24, 2.45) is 0 Å². The third kappa shape index (κ3) is 4.56. The Morgan fingerprint density at radius 2 is 2.12 bits per heavy atom. The zero-order valence-electron chi connectivity index (χ0n) is 9.75. The number of hydrogen-bond donors (Lipinski definition) is 1. The lowest BCUT2D eigenvalue weighted by Crippen LogP contribution is -2.18. The van der Waals surface area contributed by atoms with Crippen molar-refractivity contribution in [1.29, 1.82) is 0 Å². The molecule has 0 saturated heterocycles. The number of benzene rings is 1. The molecule has 5 heteroatoms. The minimum Gasteiger partial charge on any atom is -0.466 e. The maximum atomic E-state index is 11.5. The molecule has 0 aromatic heterocycles. The normalized spacial score (nSPS) is 9.82. The van der Waals surface area contributed by atoms with Gasteiger partial charge in [-0.05, 0) is 37.6 Å². The Labute approximate surface area is 108 Å². The van der Waals surface area contributed by atoms with Gasteiger partial charge in [0.1, 0.15) is 6.42 Å². The highest BCUT2D eigenvalue weighted by atomic mass is 79.9. The van der Waals surface area contributed by atoms with Gasteiger partial charge in [-0.15, -0.1) is 0 Å². The Kier molecular flexibility index (Phi) is 5.15. The molecular formula is C12H14BrNO3. The third-order valence-corrected chi connectivity index (χ3v) is 2.57. The van der Waals surface area contributed by atoms with E-state index in [2.05, 4.69) is 21.2 Å². The van der Waals surface area contributed by atoms with Gasteiger partial charge in [-0.2, -0.15) is 0 Å². The van der Waals surface area contributed by atoms with Crippen LogP contribution >= 0.6 is 15.9 Å². The van der Waals surface area contributed by atoms with Gasteiger partial charge in [0.15, 0.2) is 0 Å². The molecule has 17 heavy (non-hydrogen) atoms. The highest BCUT2D eigenvalue weighted by Gasteiger charge is 2.11. The summed E-state index contributed by atoms with van der Waals surface area (Å²) in [5.41, 5.74) is 1.62. The van der Waals surface area contributed by atoms with Gasteiger partial charge in [0.2, 0.25) is 5.91 Å². The molecule has 92 valence electrons. The minimum absolute atomic E-state index is 0.261. The summed E-state index contributed by atoms with van der Waals surface area (Å²) in [7, 11) is 0. The molecule has 1 aromatic rings. The van der Waals surface area contributed by atoms with E-state index < -0.39 is 5.97 Å². The Morgan fingerprint density at radius 3 is 2.71 bits per heavy atom. The molecule has 0 atom stereocenters. The molecule has 1 aromatic carbocycles. The molecule has 0 aliphatic rings. The van der Waals surface area contributed by atoms with Gasteiger partial charge in [-0.1, -0.05) is 15.9 Å². The molecule has 0 heterocycles. The average molecular weight is 300 g/mol. The van der Waals surface area contributed by atoms with E-state index in [0.717, 1.165) is 10.0 Å². The molecule has 1 amide bonds. The lowest BCUT2D eigenvalue weighted by molar-refractivity contribution is -0.145. The predicted molar refractivity (Wildman–Crippen MR) is 68.8 cm³/mol. The standard InChI is InChI=1S/C12H14BrNO3/c1-3-17-12(16)7-11(15)14-10-5-4-9(13)6-8(10)2/h4-6H,3,7H2,1-2H3,(H,14,15). The number of esters is 1. The molecular weight excluding hydrogens is 286 g/mol. The van der Waals surface area contributed by atoms with Gasteiger partial charge >= 0.3 is 5.97 Å². The number of ether oxygens (including phenoxy) is 1. The van der Waals surface area contributed by atoms with E-state index in [-0.39, 0.29) is 18.9 Å². The number of anilines is 1. The van der Waals surface area contributed by atoms with Crippen LogP contribution in [0, 0.1) is 6.92 Å². The van der Waals surface area contributed by atoms with Crippen molar-refractivity contribution in [2.75, 3.05) is 11.9 Å². The van der Waals surface area contributed by atoms with E-state index in [4.69, 9.17) is 4.74 Å². The summed E-state index contributed by atoms with van der Waals surface area (Å²) in [6.45, 7) is 3.86. The number of amides is 1. The molecule has 0 aliphatic carbocycles. The van der Waals surface area contributed by atoms with Crippen molar-refractivity contribution in [2.45, 2.75) is 20.3 Å². The van der Waals surface area contributed by atoms with Crippen molar-refractivity contribution in [1.82, 2.24) is 0 Å². The van der Waals surface area contributed by atoms with Crippen LogP contribution in [-0.2, 0) is 14.3 Å². The first-order valence-corrected chi connectivity index (χ1v) is 6.04. The second-order valence-electron chi connectivity index (χ2n) is 3.49. The van der Waals surface area contributed by atoms with Crippen LogP contribution < -0.4 is 5.32 Å². The second kappa shape index (κ2) is 6.39. The molecule has 0 bridgehead atoms. The molecule has 1 N–H and O–H groups in total. The summed E-state index contributed by atoms with van der Waals surface area (Å²) < 4.78 is 5.64. The smallest absolute Gasteiger partial charge is 0.315 e. The fourth-order valence-corrected chi connectivity index (χ4v) is 1.78. The molecule has 0 fully saturated rings. The SMILES string of the molecule is CCOC(=O)CC(=O)Nc1ccc(Br)cc1C. The van der Waals surface area contributed by atoms with Crippen molar-refractivity contribution in [3.05, 3.63) is 28.2 Å². The van der Waals surface area contributed by atoms with Gasteiger partial charge in [0, 0.05) is 10.2 Å². The maximum Gasteiger partial charge on any atom is 0.315 e. The van der Waals surface area contributed by atoms with E-state index >= 15 is 0 Å². The lowest BCUT2D eigenvalue weighted by Gasteiger charge is -2.08. The maximum absolute atomic E-state index is 11.5. The molecule has 0 saturated carbocycles. The summed E-state index contributed by atoms with van der Waals surface area (Å²) >= 11 is 3.34. The molecule has 0 radical (unpaired) electrons. The molecule has 1 rings (SSSR count).